The average Bonchev–Trinajstić information content (AvgIpc) is 2.73. The molecule has 4 nitrogen and oxygen atoms in total. The minimum atomic E-state index is -0.555. The number of amides is 2. The number of nitrogens with zero attached hydrogens (tertiary/aromatic N) is 1. The lowest BCUT2D eigenvalue weighted by molar-refractivity contribution is -0.141. The Morgan fingerprint density at radius 1 is 0.968 bits per heavy atom. The number of carbonyl (C=O) groups excluding carboxylic acids is 2. The summed E-state index contributed by atoms with van der Waals surface area (Å²) in [5, 5.41) is 2.83. The second kappa shape index (κ2) is 11.1. The van der Waals surface area contributed by atoms with Gasteiger partial charge in [0.1, 0.15) is 11.9 Å². The van der Waals surface area contributed by atoms with Gasteiger partial charge >= 0.3 is 0 Å². The van der Waals surface area contributed by atoms with E-state index in [0.717, 1.165) is 11.1 Å². The minimum Gasteiger partial charge on any atom is -0.355 e. The lowest BCUT2D eigenvalue weighted by Gasteiger charge is -2.30. The molecule has 2 aromatic carbocycles. The van der Waals surface area contributed by atoms with Gasteiger partial charge in [-0.1, -0.05) is 64.1 Å². The maximum Gasteiger partial charge on any atom is 0.242 e. The highest BCUT2D eigenvalue weighted by atomic mass is 19.1. The molecule has 1 atom stereocenters. The van der Waals surface area contributed by atoms with Crippen LogP contribution in [0.2, 0.25) is 0 Å². The first-order valence-electron chi connectivity index (χ1n) is 11.1. The fourth-order valence-electron chi connectivity index (χ4n) is 3.56. The van der Waals surface area contributed by atoms with Gasteiger partial charge < -0.3 is 10.2 Å². The molecule has 168 valence electrons. The van der Waals surface area contributed by atoms with Gasteiger partial charge in [-0.25, -0.2) is 4.39 Å². The summed E-state index contributed by atoms with van der Waals surface area (Å²) in [6.07, 6.45) is 1.43. The molecule has 0 saturated heterocycles. The van der Waals surface area contributed by atoms with E-state index in [2.05, 4.69) is 50.4 Å². The Bertz CT molecular complexity index is 854. The molecule has 1 N–H and O–H groups in total. The number of hydrogen-bond donors (Lipinski definition) is 1. The zero-order valence-corrected chi connectivity index (χ0v) is 19.4. The van der Waals surface area contributed by atoms with Crippen LogP contribution in [0.25, 0.3) is 0 Å². The third-order valence-corrected chi connectivity index (χ3v) is 5.45. The van der Waals surface area contributed by atoms with E-state index in [1.165, 1.54) is 17.7 Å². The van der Waals surface area contributed by atoms with Crippen LogP contribution in [0.15, 0.2) is 48.5 Å². The van der Waals surface area contributed by atoms with E-state index in [1.54, 1.807) is 17.0 Å². The molecule has 0 spiro atoms. The maximum atomic E-state index is 13.3. The number of hydrogen-bond acceptors (Lipinski definition) is 2. The first-order chi connectivity index (χ1) is 14.7. The Balaban J connectivity index is 2.16. The number of carbonyl (C=O) groups is 2. The Labute approximate surface area is 185 Å². The molecular weight excluding hydrogens is 391 g/mol. The third-order valence-electron chi connectivity index (χ3n) is 5.45. The van der Waals surface area contributed by atoms with Crippen molar-refractivity contribution in [2.24, 2.45) is 0 Å². The number of benzene rings is 2. The van der Waals surface area contributed by atoms with Crippen LogP contribution in [0.5, 0.6) is 0 Å². The van der Waals surface area contributed by atoms with Gasteiger partial charge in [0.2, 0.25) is 11.8 Å². The van der Waals surface area contributed by atoms with E-state index in [-0.39, 0.29) is 29.6 Å². The van der Waals surface area contributed by atoms with Crippen LogP contribution in [0.3, 0.4) is 0 Å². The van der Waals surface area contributed by atoms with E-state index in [0.29, 0.717) is 25.8 Å². The molecule has 0 saturated carbocycles. The van der Waals surface area contributed by atoms with Crippen LogP contribution in [-0.2, 0) is 28.0 Å². The van der Waals surface area contributed by atoms with Crippen LogP contribution in [0.1, 0.15) is 64.2 Å². The molecule has 0 fully saturated rings. The van der Waals surface area contributed by atoms with Crippen molar-refractivity contribution in [1.82, 2.24) is 10.2 Å². The summed E-state index contributed by atoms with van der Waals surface area (Å²) in [6, 6.07) is 13.9. The highest BCUT2D eigenvalue weighted by Crippen LogP contribution is 2.23. The maximum absolute atomic E-state index is 13.3. The summed E-state index contributed by atoms with van der Waals surface area (Å²) in [7, 11) is 0. The molecule has 31 heavy (non-hydrogen) atoms. The second-order valence-corrected chi connectivity index (χ2v) is 8.91. The molecule has 0 aliphatic heterocycles. The highest BCUT2D eigenvalue weighted by molar-refractivity contribution is 5.87. The smallest absolute Gasteiger partial charge is 0.242 e. The SMILES string of the molecule is CCNC(=O)[C@H](CC)N(Cc1ccc(F)cc1)C(=O)CCc1ccc(C(C)(C)C)cc1. The summed E-state index contributed by atoms with van der Waals surface area (Å²) >= 11 is 0. The van der Waals surface area contributed by atoms with Gasteiger partial charge in [-0.2, -0.15) is 0 Å². The fraction of sp³-hybridized carbons (Fsp3) is 0.462. The highest BCUT2D eigenvalue weighted by Gasteiger charge is 2.28. The molecule has 2 amide bonds. The van der Waals surface area contributed by atoms with Crippen molar-refractivity contribution in [3.8, 4) is 0 Å². The van der Waals surface area contributed by atoms with E-state index in [9.17, 15) is 14.0 Å². The van der Waals surface area contributed by atoms with Crippen LogP contribution in [0, 0.1) is 5.82 Å². The van der Waals surface area contributed by atoms with Crippen molar-refractivity contribution in [2.45, 2.75) is 71.9 Å². The van der Waals surface area contributed by atoms with Crippen molar-refractivity contribution in [3.63, 3.8) is 0 Å². The molecule has 0 bridgehead atoms. The summed E-state index contributed by atoms with van der Waals surface area (Å²) in [5.41, 5.74) is 3.23. The number of aryl methyl sites for hydroxylation is 1. The summed E-state index contributed by atoms with van der Waals surface area (Å²) in [5.74, 6) is -0.562. The molecule has 0 heterocycles. The lowest BCUT2D eigenvalue weighted by Crippen LogP contribution is -2.49. The number of halogens is 1. The number of rotatable bonds is 9. The van der Waals surface area contributed by atoms with Crippen molar-refractivity contribution in [3.05, 3.63) is 71.0 Å². The zero-order valence-electron chi connectivity index (χ0n) is 19.4. The third kappa shape index (κ3) is 7.20. The lowest BCUT2D eigenvalue weighted by atomic mass is 9.86. The number of nitrogens with one attached hydrogen (secondary N) is 1. The van der Waals surface area contributed by atoms with Crippen molar-refractivity contribution < 1.29 is 14.0 Å². The Morgan fingerprint density at radius 3 is 2.06 bits per heavy atom. The van der Waals surface area contributed by atoms with Crippen LogP contribution < -0.4 is 5.32 Å². The zero-order chi connectivity index (χ0) is 23.0. The largest absolute Gasteiger partial charge is 0.355 e. The first-order valence-corrected chi connectivity index (χ1v) is 11.1. The van der Waals surface area contributed by atoms with Gasteiger partial charge in [0.05, 0.1) is 0 Å². The summed E-state index contributed by atoms with van der Waals surface area (Å²) in [4.78, 5) is 27.4. The predicted octanol–water partition coefficient (Wildman–Crippen LogP) is 5.00. The standard InChI is InChI=1S/C26H35FN2O2/c1-6-23(25(31)28-7-2)29(18-20-10-15-22(27)16-11-20)24(30)17-12-19-8-13-21(14-9-19)26(3,4)5/h8-11,13-16,23H,6-7,12,17-18H2,1-5H3,(H,28,31)/t23-/m0/s1. The van der Waals surface area contributed by atoms with Crippen molar-refractivity contribution in [1.29, 1.82) is 0 Å². The Kier molecular flexibility index (Phi) is 8.78. The van der Waals surface area contributed by atoms with Crippen molar-refractivity contribution >= 4 is 11.8 Å². The van der Waals surface area contributed by atoms with Crippen molar-refractivity contribution in [2.75, 3.05) is 6.54 Å². The predicted molar refractivity (Wildman–Crippen MR) is 123 cm³/mol. The molecular formula is C26H35FN2O2. The molecule has 2 rings (SSSR count). The van der Waals surface area contributed by atoms with Gasteiger partial charge in [0.25, 0.3) is 0 Å². The van der Waals surface area contributed by atoms with Crippen LogP contribution >= 0.6 is 0 Å². The molecule has 2 aromatic rings. The van der Waals surface area contributed by atoms with Gasteiger partial charge in [-0.3, -0.25) is 9.59 Å². The molecule has 0 aliphatic carbocycles. The molecule has 5 heteroatoms. The minimum absolute atomic E-state index is 0.0812. The fourth-order valence-corrected chi connectivity index (χ4v) is 3.56. The van der Waals surface area contributed by atoms with E-state index in [4.69, 9.17) is 0 Å². The quantitative estimate of drug-likeness (QED) is 0.613. The van der Waals surface area contributed by atoms with E-state index < -0.39 is 6.04 Å². The van der Waals surface area contributed by atoms with E-state index in [1.807, 2.05) is 13.8 Å². The summed E-state index contributed by atoms with van der Waals surface area (Å²) in [6.45, 7) is 11.1. The monoisotopic (exact) mass is 426 g/mol. The molecule has 0 aliphatic rings. The normalized spacial score (nSPS) is 12.3. The summed E-state index contributed by atoms with van der Waals surface area (Å²) < 4.78 is 13.3. The Morgan fingerprint density at radius 2 is 1.55 bits per heavy atom. The van der Waals surface area contributed by atoms with Crippen LogP contribution in [-0.4, -0.2) is 29.3 Å². The topological polar surface area (TPSA) is 49.4 Å². The molecule has 0 radical (unpaired) electrons. The molecule has 0 unspecified atom stereocenters. The van der Waals surface area contributed by atoms with Gasteiger partial charge in [0.15, 0.2) is 0 Å². The average molecular weight is 427 g/mol. The van der Waals surface area contributed by atoms with E-state index >= 15 is 0 Å². The Hall–Kier alpha value is -2.69. The van der Waals surface area contributed by atoms with Crippen LogP contribution in [0.4, 0.5) is 4.39 Å². The van der Waals surface area contributed by atoms with Gasteiger partial charge in [-0.15, -0.1) is 0 Å². The molecule has 0 aromatic heterocycles. The van der Waals surface area contributed by atoms with Gasteiger partial charge in [-0.05, 0) is 54.0 Å². The number of likely N-dealkylation sites (N-methyl/N-ethyl adjacent to an activating group) is 1. The second-order valence-electron chi connectivity index (χ2n) is 8.91. The van der Waals surface area contributed by atoms with Gasteiger partial charge in [0, 0.05) is 19.5 Å². The first kappa shape index (κ1) is 24.6.